The second-order valence-electron chi connectivity index (χ2n) is 5.09. The van der Waals surface area contributed by atoms with E-state index in [0.29, 0.717) is 6.42 Å². The van der Waals surface area contributed by atoms with Gasteiger partial charge in [-0.25, -0.2) is 0 Å². The van der Waals surface area contributed by atoms with E-state index in [1.807, 2.05) is 42.5 Å². The van der Waals surface area contributed by atoms with Gasteiger partial charge in [-0.15, -0.1) is 11.3 Å². The number of rotatable bonds is 5. The number of anilines is 1. The van der Waals surface area contributed by atoms with Gasteiger partial charge in [0.05, 0.1) is 0 Å². The molecule has 0 amide bonds. The highest BCUT2D eigenvalue weighted by Crippen LogP contribution is 2.28. The lowest BCUT2D eigenvalue weighted by Crippen LogP contribution is -2.07. The first-order valence-electron chi connectivity index (χ1n) is 6.98. The van der Waals surface area contributed by atoms with Crippen molar-refractivity contribution in [2.24, 2.45) is 0 Å². The molecule has 0 bridgehead atoms. The molecule has 1 atom stereocenters. The fraction of sp³-hybridized carbons (Fsp3) is 0.353. The maximum absolute atomic E-state index is 11.6. The van der Waals surface area contributed by atoms with Crippen LogP contribution < -0.4 is 5.32 Å². The van der Waals surface area contributed by atoms with Crippen molar-refractivity contribution in [2.45, 2.75) is 40.2 Å². The van der Waals surface area contributed by atoms with Crippen LogP contribution in [0, 0.1) is 13.8 Å². The molecule has 0 spiro atoms. The smallest absolute Gasteiger partial charge is 0.162 e. The van der Waals surface area contributed by atoms with E-state index in [0.717, 1.165) is 11.3 Å². The van der Waals surface area contributed by atoms with E-state index in [2.05, 4.69) is 32.2 Å². The first kappa shape index (κ1) is 14.8. The Morgan fingerprint density at radius 1 is 1.25 bits per heavy atom. The Morgan fingerprint density at radius 2 is 1.90 bits per heavy atom. The molecular weight excluding hydrogens is 266 g/mol. The van der Waals surface area contributed by atoms with Crippen LogP contribution in [0.3, 0.4) is 0 Å². The molecule has 106 valence electrons. The van der Waals surface area contributed by atoms with E-state index in [-0.39, 0.29) is 11.8 Å². The van der Waals surface area contributed by atoms with Gasteiger partial charge in [-0.05, 0) is 56.7 Å². The Balaban J connectivity index is 2.10. The average molecular weight is 287 g/mol. The molecule has 0 fully saturated rings. The van der Waals surface area contributed by atoms with Crippen molar-refractivity contribution in [3.63, 3.8) is 0 Å². The van der Waals surface area contributed by atoms with Gasteiger partial charge in [0.2, 0.25) is 0 Å². The molecule has 20 heavy (non-hydrogen) atoms. The molecular formula is C17H21NOS. The molecule has 2 nitrogen and oxygen atoms in total. The Bertz CT molecular complexity index is 598. The van der Waals surface area contributed by atoms with Crippen molar-refractivity contribution in [1.29, 1.82) is 0 Å². The summed E-state index contributed by atoms with van der Waals surface area (Å²) in [4.78, 5) is 14.3. The van der Waals surface area contributed by atoms with Crippen LogP contribution in [0.15, 0.2) is 30.3 Å². The summed E-state index contributed by atoms with van der Waals surface area (Å²) in [6.45, 7) is 8.35. The van der Waals surface area contributed by atoms with E-state index >= 15 is 0 Å². The van der Waals surface area contributed by atoms with E-state index in [1.165, 1.54) is 15.3 Å². The van der Waals surface area contributed by atoms with Gasteiger partial charge in [0.1, 0.15) is 0 Å². The van der Waals surface area contributed by atoms with Crippen LogP contribution in [0.2, 0.25) is 0 Å². The largest absolute Gasteiger partial charge is 0.378 e. The van der Waals surface area contributed by atoms with Crippen molar-refractivity contribution in [1.82, 2.24) is 0 Å². The summed E-state index contributed by atoms with van der Waals surface area (Å²) in [5.41, 5.74) is 3.18. The van der Waals surface area contributed by atoms with Crippen molar-refractivity contribution in [3.05, 3.63) is 51.2 Å². The van der Waals surface area contributed by atoms with E-state index in [1.54, 1.807) is 0 Å². The summed E-state index contributed by atoms with van der Waals surface area (Å²) in [6, 6.07) is 10.3. The Hall–Kier alpha value is -1.61. The highest BCUT2D eigenvalue weighted by Gasteiger charge is 2.11. The summed E-state index contributed by atoms with van der Waals surface area (Å²) in [7, 11) is 0. The highest BCUT2D eigenvalue weighted by atomic mass is 32.1. The lowest BCUT2D eigenvalue weighted by Gasteiger charge is -2.15. The van der Waals surface area contributed by atoms with Gasteiger partial charge in [0.25, 0.3) is 0 Å². The minimum atomic E-state index is 0.189. The van der Waals surface area contributed by atoms with Gasteiger partial charge in [-0.3, -0.25) is 4.79 Å². The van der Waals surface area contributed by atoms with Crippen molar-refractivity contribution in [3.8, 4) is 0 Å². The van der Waals surface area contributed by atoms with Crippen LogP contribution in [0.5, 0.6) is 0 Å². The first-order chi connectivity index (χ1) is 9.51. The fourth-order valence-electron chi connectivity index (χ4n) is 2.36. The van der Waals surface area contributed by atoms with Gasteiger partial charge < -0.3 is 5.32 Å². The number of thiophene rings is 1. The molecule has 0 saturated carbocycles. The molecule has 1 aromatic heterocycles. The van der Waals surface area contributed by atoms with Crippen LogP contribution in [0.25, 0.3) is 0 Å². The molecule has 1 N–H and O–H groups in total. The van der Waals surface area contributed by atoms with Crippen LogP contribution in [-0.4, -0.2) is 5.78 Å². The normalized spacial score (nSPS) is 12.2. The molecule has 2 aromatic rings. The molecule has 0 aliphatic rings. The molecule has 0 saturated heterocycles. The van der Waals surface area contributed by atoms with Gasteiger partial charge >= 0.3 is 0 Å². The lowest BCUT2D eigenvalue weighted by atomic mass is 10.1. The number of nitrogens with one attached hydrogen (secondary N) is 1. The zero-order chi connectivity index (χ0) is 14.7. The predicted molar refractivity (Wildman–Crippen MR) is 86.9 cm³/mol. The molecule has 3 heteroatoms. The first-order valence-corrected chi connectivity index (χ1v) is 7.79. The Labute approximate surface area is 124 Å². The molecule has 0 aliphatic carbocycles. The fourth-order valence-corrected chi connectivity index (χ4v) is 3.39. The second-order valence-corrected chi connectivity index (χ2v) is 6.55. The maximum atomic E-state index is 11.6. The third-order valence-corrected chi connectivity index (χ3v) is 4.44. The molecule has 2 rings (SSSR count). The minimum absolute atomic E-state index is 0.189. The lowest BCUT2D eigenvalue weighted by molar-refractivity contribution is 0.0988. The summed E-state index contributed by atoms with van der Waals surface area (Å²) in [5, 5.41) is 3.49. The number of aryl methyl sites for hydroxylation is 2. The average Bonchev–Trinajstić information content (AvgIpc) is 2.78. The van der Waals surface area contributed by atoms with Gasteiger partial charge in [-0.2, -0.15) is 0 Å². The third-order valence-electron chi connectivity index (χ3n) is 3.46. The summed E-state index contributed by atoms with van der Waals surface area (Å²) < 4.78 is 0. The number of Topliss-reactive ketones (excluding diaryl/α,β-unsaturated/α-hetero) is 1. The summed E-state index contributed by atoms with van der Waals surface area (Å²) in [5.74, 6) is 0.189. The Morgan fingerprint density at radius 3 is 2.40 bits per heavy atom. The van der Waals surface area contributed by atoms with E-state index in [4.69, 9.17) is 0 Å². The third kappa shape index (κ3) is 3.28. The van der Waals surface area contributed by atoms with Crippen molar-refractivity contribution in [2.75, 3.05) is 5.32 Å². The Kier molecular flexibility index (Phi) is 4.61. The highest BCUT2D eigenvalue weighted by molar-refractivity contribution is 7.12. The number of carbonyl (C=O) groups is 1. The zero-order valence-corrected chi connectivity index (χ0v) is 13.3. The molecule has 1 aromatic carbocycles. The zero-order valence-electron chi connectivity index (χ0n) is 12.5. The number of benzene rings is 1. The number of hydrogen-bond acceptors (Lipinski definition) is 3. The van der Waals surface area contributed by atoms with E-state index < -0.39 is 0 Å². The second kappa shape index (κ2) is 6.23. The molecule has 1 unspecified atom stereocenters. The molecule has 0 radical (unpaired) electrons. The topological polar surface area (TPSA) is 29.1 Å². The monoisotopic (exact) mass is 287 g/mol. The van der Waals surface area contributed by atoms with E-state index in [9.17, 15) is 4.79 Å². The van der Waals surface area contributed by atoms with Gasteiger partial charge in [0, 0.05) is 33.5 Å². The van der Waals surface area contributed by atoms with Crippen molar-refractivity contribution >= 4 is 22.8 Å². The number of carbonyl (C=O) groups excluding carboxylic acids is 1. The SMILES string of the molecule is CCC(=O)c1ccc(NC(C)c2cc(C)sc2C)cc1. The maximum Gasteiger partial charge on any atom is 0.162 e. The summed E-state index contributed by atoms with van der Waals surface area (Å²) in [6.07, 6.45) is 0.552. The summed E-state index contributed by atoms with van der Waals surface area (Å²) >= 11 is 1.83. The van der Waals surface area contributed by atoms with Crippen LogP contribution in [-0.2, 0) is 0 Å². The van der Waals surface area contributed by atoms with Crippen LogP contribution >= 0.6 is 11.3 Å². The predicted octanol–water partition coefficient (Wildman–Crippen LogP) is 5.13. The van der Waals surface area contributed by atoms with Crippen molar-refractivity contribution < 1.29 is 4.79 Å². The number of ketones is 1. The van der Waals surface area contributed by atoms with Crippen LogP contribution in [0.4, 0.5) is 5.69 Å². The molecule has 0 aliphatic heterocycles. The van der Waals surface area contributed by atoms with Gasteiger partial charge in [0.15, 0.2) is 5.78 Å². The van der Waals surface area contributed by atoms with Crippen LogP contribution in [0.1, 0.15) is 52.0 Å². The van der Waals surface area contributed by atoms with Gasteiger partial charge in [-0.1, -0.05) is 6.92 Å². The number of hydrogen-bond donors (Lipinski definition) is 1. The molecule has 1 heterocycles. The quantitative estimate of drug-likeness (QED) is 0.772. The minimum Gasteiger partial charge on any atom is -0.378 e. The standard InChI is InChI=1S/C17H21NOS/c1-5-17(19)14-6-8-15(9-7-14)18-12(3)16-10-11(2)20-13(16)4/h6-10,12,18H,5H2,1-4H3.